The molecule has 28 heavy (non-hydrogen) atoms. The second kappa shape index (κ2) is 9.83. The van der Waals surface area contributed by atoms with E-state index in [1.54, 1.807) is 0 Å². The summed E-state index contributed by atoms with van der Waals surface area (Å²) in [5, 5.41) is 3.15. The summed E-state index contributed by atoms with van der Waals surface area (Å²) in [5.74, 6) is 1.35. The van der Waals surface area contributed by atoms with Gasteiger partial charge in [-0.25, -0.2) is 0 Å². The largest absolute Gasteiger partial charge is 0.356 e. The van der Waals surface area contributed by atoms with Gasteiger partial charge in [-0.1, -0.05) is 35.9 Å². The fraction of sp³-hybridized carbons (Fsp3) is 0.500. The number of benzene rings is 1. The minimum Gasteiger partial charge on any atom is -0.356 e. The lowest BCUT2D eigenvalue weighted by Gasteiger charge is -2.37. The average molecular weight is 380 g/mol. The minimum atomic E-state index is 0.130. The topological polar surface area (TPSA) is 45.2 Å². The maximum absolute atomic E-state index is 12.3. The van der Waals surface area contributed by atoms with Crippen LogP contribution in [0.15, 0.2) is 48.7 Å². The quantitative estimate of drug-likeness (QED) is 0.786. The van der Waals surface area contributed by atoms with Crippen molar-refractivity contribution in [3.8, 4) is 0 Å². The van der Waals surface area contributed by atoms with Crippen molar-refractivity contribution in [1.82, 2.24) is 15.2 Å². The fourth-order valence-corrected chi connectivity index (χ4v) is 4.40. The van der Waals surface area contributed by atoms with Crippen LogP contribution in [0.5, 0.6) is 0 Å². The molecule has 0 radical (unpaired) electrons. The Morgan fingerprint density at radius 3 is 2.43 bits per heavy atom. The Morgan fingerprint density at radius 2 is 1.82 bits per heavy atom. The second-order valence-corrected chi connectivity index (χ2v) is 8.41. The molecule has 1 heterocycles. The van der Waals surface area contributed by atoms with Gasteiger partial charge in [0.2, 0.25) is 5.91 Å². The first-order valence-electron chi connectivity index (χ1n) is 10.4. The van der Waals surface area contributed by atoms with E-state index < -0.39 is 0 Å². The number of nitrogens with one attached hydrogen (secondary N) is 1. The molecule has 0 spiro atoms. The van der Waals surface area contributed by atoms with Crippen LogP contribution in [0.1, 0.15) is 48.5 Å². The number of pyridine rings is 1. The summed E-state index contributed by atoms with van der Waals surface area (Å²) in [7, 11) is 4.30. The Labute approximate surface area is 169 Å². The van der Waals surface area contributed by atoms with Crippen LogP contribution >= 0.6 is 0 Å². The number of carbonyl (C=O) groups is 1. The first-order valence-corrected chi connectivity index (χ1v) is 10.4. The van der Waals surface area contributed by atoms with Gasteiger partial charge in [-0.15, -0.1) is 0 Å². The zero-order valence-electron chi connectivity index (χ0n) is 17.4. The van der Waals surface area contributed by atoms with Crippen LogP contribution < -0.4 is 5.32 Å². The van der Waals surface area contributed by atoms with Crippen LogP contribution in [0.25, 0.3) is 0 Å². The molecule has 3 rings (SSSR count). The molecule has 1 aliphatic carbocycles. The lowest BCUT2D eigenvalue weighted by Crippen LogP contribution is -2.35. The molecular weight excluding hydrogens is 346 g/mol. The van der Waals surface area contributed by atoms with Gasteiger partial charge in [0.15, 0.2) is 0 Å². The number of aromatic nitrogens is 1. The third-order valence-electron chi connectivity index (χ3n) is 5.96. The predicted octanol–water partition coefficient (Wildman–Crippen LogP) is 4.16. The highest BCUT2D eigenvalue weighted by Gasteiger charge is 2.30. The summed E-state index contributed by atoms with van der Waals surface area (Å²) in [5.41, 5.74) is 3.47. The Balaban J connectivity index is 1.45. The molecule has 4 heteroatoms. The van der Waals surface area contributed by atoms with E-state index in [9.17, 15) is 4.79 Å². The van der Waals surface area contributed by atoms with E-state index in [0.717, 1.165) is 12.1 Å². The summed E-state index contributed by atoms with van der Waals surface area (Å²) in [6.07, 6.45) is 7.09. The maximum Gasteiger partial charge on any atom is 0.224 e. The number of amides is 1. The molecule has 4 nitrogen and oxygen atoms in total. The van der Waals surface area contributed by atoms with Crippen molar-refractivity contribution in [3.63, 3.8) is 0 Å². The SMILES string of the molecule is Cc1ccc(CC(=O)NCC2CCC([C@@H](c3ccccn3)N(C)C)CC2)cc1. The molecule has 0 bridgehead atoms. The molecule has 0 aliphatic heterocycles. The average Bonchev–Trinajstić information content (AvgIpc) is 2.70. The monoisotopic (exact) mass is 379 g/mol. The van der Waals surface area contributed by atoms with Gasteiger partial charge >= 0.3 is 0 Å². The third-order valence-corrected chi connectivity index (χ3v) is 5.96. The highest BCUT2D eigenvalue weighted by molar-refractivity contribution is 5.78. The summed E-state index contributed by atoms with van der Waals surface area (Å²) in [4.78, 5) is 19.2. The number of nitrogens with zero attached hydrogens (tertiary/aromatic N) is 2. The molecule has 1 aromatic carbocycles. The molecular formula is C24H33N3O. The van der Waals surface area contributed by atoms with Crippen LogP contribution in [0, 0.1) is 18.8 Å². The predicted molar refractivity (Wildman–Crippen MR) is 114 cm³/mol. The third kappa shape index (κ3) is 5.65. The Morgan fingerprint density at radius 1 is 1.11 bits per heavy atom. The summed E-state index contributed by atoms with van der Waals surface area (Å²) in [6, 6.07) is 14.8. The number of hydrogen-bond donors (Lipinski definition) is 1. The Hall–Kier alpha value is -2.20. The van der Waals surface area contributed by atoms with Crippen LogP contribution in [0.3, 0.4) is 0 Å². The van der Waals surface area contributed by atoms with Gasteiger partial charge < -0.3 is 10.2 Å². The van der Waals surface area contributed by atoms with Crippen LogP contribution in [0.2, 0.25) is 0 Å². The van der Waals surface area contributed by atoms with Crippen molar-refractivity contribution < 1.29 is 4.79 Å². The van der Waals surface area contributed by atoms with Crippen LogP contribution in [-0.4, -0.2) is 36.4 Å². The van der Waals surface area contributed by atoms with Gasteiger partial charge in [0.25, 0.3) is 0 Å². The molecule has 1 amide bonds. The minimum absolute atomic E-state index is 0.130. The molecule has 0 saturated heterocycles. The van der Waals surface area contributed by atoms with Gasteiger partial charge in [-0.05, 0) is 76.2 Å². The van der Waals surface area contributed by atoms with Crippen molar-refractivity contribution in [2.75, 3.05) is 20.6 Å². The Bertz CT molecular complexity index is 734. The van der Waals surface area contributed by atoms with E-state index in [0.29, 0.717) is 24.3 Å². The van der Waals surface area contributed by atoms with Crippen molar-refractivity contribution in [3.05, 3.63) is 65.5 Å². The van der Waals surface area contributed by atoms with E-state index in [2.05, 4.69) is 60.5 Å². The maximum atomic E-state index is 12.3. The first-order chi connectivity index (χ1) is 13.5. The van der Waals surface area contributed by atoms with Crippen molar-refractivity contribution in [2.45, 2.75) is 45.1 Å². The van der Waals surface area contributed by atoms with E-state index in [1.165, 1.54) is 36.9 Å². The second-order valence-electron chi connectivity index (χ2n) is 8.41. The smallest absolute Gasteiger partial charge is 0.224 e. The lowest BCUT2D eigenvalue weighted by molar-refractivity contribution is -0.120. The Kier molecular flexibility index (Phi) is 7.21. The van der Waals surface area contributed by atoms with Crippen LogP contribution in [-0.2, 0) is 11.2 Å². The molecule has 1 N–H and O–H groups in total. The molecule has 1 fully saturated rings. The van der Waals surface area contributed by atoms with Crippen molar-refractivity contribution in [1.29, 1.82) is 0 Å². The molecule has 2 aromatic rings. The standard InChI is InChI=1S/C24H33N3O/c1-18-7-9-19(10-8-18)16-23(28)26-17-20-11-13-21(14-12-20)24(27(2)3)22-6-4-5-15-25-22/h4-10,15,20-21,24H,11-14,16-17H2,1-3H3,(H,26,28)/t20?,21?,24-/m0/s1. The van der Waals surface area contributed by atoms with E-state index in [-0.39, 0.29) is 5.91 Å². The van der Waals surface area contributed by atoms with E-state index >= 15 is 0 Å². The van der Waals surface area contributed by atoms with Crippen molar-refractivity contribution >= 4 is 5.91 Å². The summed E-state index contributed by atoms with van der Waals surface area (Å²) < 4.78 is 0. The molecule has 1 saturated carbocycles. The zero-order valence-corrected chi connectivity index (χ0v) is 17.4. The lowest BCUT2D eigenvalue weighted by atomic mass is 9.77. The molecule has 1 aromatic heterocycles. The first kappa shape index (κ1) is 20.5. The van der Waals surface area contributed by atoms with Crippen LogP contribution in [0.4, 0.5) is 0 Å². The zero-order chi connectivity index (χ0) is 19.9. The molecule has 1 atom stereocenters. The summed E-state index contributed by atoms with van der Waals surface area (Å²) in [6.45, 7) is 2.86. The van der Waals surface area contributed by atoms with Gasteiger partial charge in [0, 0.05) is 12.7 Å². The highest BCUT2D eigenvalue weighted by atomic mass is 16.1. The number of aryl methyl sites for hydroxylation is 1. The molecule has 1 aliphatic rings. The fourth-order valence-electron chi connectivity index (χ4n) is 4.40. The number of hydrogen-bond acceptors (Lipinski definition) is 3. The molecule has 150 valence electrons. The van der Waals surface area contributed by atoms with Gasteiger partial charge in [0.05, 0.1) is 18.2 Å². The normalized spacial score (nSPS) is 20.7. The van der Waals surface area contributed by atoms with E-state index in [4.69, 9.17) is 0 Å². The number of rotatable bonds is 7. The summed E-state index contributed by atoms with van der Waals surface area (Å²) >= 11 is 0. The highest BCUT2D eigenvalue weighted by Crippen LogP contribution is 2.38. The number of carbonyl (C=O) groups excluding carboxylic acids is 1. The van der Waals surface area contributed by atoms with Gasteiger partial charge in [0.1, 0.15) is 0 Å². The van der Waals surface area contributed by atoms with Gasteiger partial charge in [-0.2, -0.15) is 0 Å². The molecule has 0 unspecified atom stereocenters. The van der Waals surface area contributed by atoms with Gasteiger partial charge in [-0.3, -0.25) is 9.78 Å². The van der Waals surface area contributed by atoms with E-state index in [1.807, 2.05) is 24.4 Å². The van der Waals surface area contributed by atoms with Crippen molar-refractivity contribution in [2.24, 2.45) is 11.8 Å².